The summed E-state index contributed by atoms with van der Waals surface area (Å²) in [4.78, 5) is 0. The van der Waals surface area contributed by atoms with Gasteiger partial charge in [0.2, 0.25) is 0 Å². The lowest BCUT2D eigenvalue weighted by Gasteiger charge is -2.02. The van der Waals surface area contributed by atoms with Crippen molar-refractivity contribution in [2.75, 3.05) is 24.6 Å². The number of hydrogen-bond acceptors (Lipinski definition) is 4. The number of hydrogen-bond donors (Lipinski definition) is 3. The van der Waals surface area contributed by atoms with Crippen LogP contribution in [0.1, 0.15) is 6.42 Å². The highest BCUT2D eigenvalue weighted by molar-refractivity contribution is 7.99. The molecule has 0 radical (unpaired) electrons. The number of rotatable bonds is 8. The summed E-state index contributed by atoms with van der Waals surface area (Å²) in [5.74, 6) is 2.32. The first-order valence-corrected chi connectivity index (χ1v) is 5.32. The molecule has 0 saturated heterocycles. The highest BCUT2D eigenvalue weighted by Gasteiger charge is 1.92. The van der Waals surface area contributed by atoms with Crippen LogP contribution < -0.4 is 11.1 Å². The van der Waals surface area contributed by atoms with E-state index in [1.54, 1.807) is 0 Å². The van der Waals surface area contributed by atoms with Gasteiger partial charge in [-0.05, 0) is 0 Å². The summed E-state index contributed by atoms with van der Waals surface area (Å²) in [7, 11) is 0. The molecule has 0 spiro atoms. The summed E-state index contributed by atoms with van der Waals surface area (Å²) in [6.45, 7) is 5.32. The molecule has 13 heavy (non-hydrogen) atoms. The Morgan fingerprint density at radius 2 is 2.38 bits per heavy atom. The van der Waals surface area contributed by atoms with E-state index in [1.165, 1.54) is 0 Å². The maximum atomic E-state index is 8.23. The molecule has 0 aromatic heterocycles. The van der Waals surface area contributed by atoms with Crippen molar-refractivity contribution in [3.05, 3.63) is 12.7 Å². The van der Waals surface area contributed by atoms with Gasteiger partial charge in [0.1, 0.15) is 5.84 Å². The van der Waals surface area contributed by atoms with E-state index in [2.05, 4.69) is 17.1 Å². The van der Waals surface area contributed by atoms with Gasteiger partial charge >= 0.3 is 0 Å². The molecule has 0 aliphatic carbocycles. The lowest BCUT2D eigenvalue weighted by molar-refractivity contribution is 0.316. The van der Waals surface area contributed by atoms with Crippen LogP contribution >= 0.6 is 11.8 Å². The van der Waals surface area contributed by atoms with E-state index in [0.29, 0.717) is 6.42 Å². The zero-order valence-corrected chi connectivity index (χ0v) is 8.52. The summed E-state index contributed by atoms with van der Waals surface area (Å²) in [6.07, 6.45) is 2.48. The van der Waals surface area contributed by atoms with Crippen LogP contribution in [0.5, 0.6) is 0 Å². The van der Waals surface area contributed by atoms with E-state index in [0.717, 1.165) is 24.6 Å². The molecule has 0 heterocycles. The minimum Gasteiger partial charge on any atom is -0.409 e. The SMILES string of the molecule is C=CCSCCNCC/C(N)=N\O. The number of oxime groups is 1. The molecule has 0 bridgehead atoms. The molecule has 4 N–H and O–H groups in total. The minimum atomic E-state index is 0.270. The Morgan fingerprint density at radius 1 is 1.62 bits per heavy atom. The molecule has 0 aliphatic rings. The molecule has 0 aromatic carbocycles. The predicted octanol–water partition coefficient (Wildman–Crippen LogP) is 0.632. The lowest BCUT2D eigenvalue weighted by atomic mass is 10.4. The van der Waals surface area contributed by atoms with Crippen molar-refractivity contribution in [2.24, 2.45) is 10.9 Å². The Bertz CT molecular complexity index is 161. The lowest BCUT2D eigenvalue weighted by Crippen LogP contribution is -2.24. The van der Waals surface area contributed by atoms with Crippen LogP contribution in [0, 0.1) is 0 Å². The second-order valence-electron chi connectivity index (χ2n) is 2.45. The maximum Gasteiger partial charge on any atom is 0.140 e. The minimum absolute atomic E-state index is 0.270. The van der Waals surface area contributed by atoms with Gasteiger partial charge < -0.3 is 16.3 Å². The quantitative estimate of drug-likeness (QED) is 0.135. The van der Waals surface area contributed by atoms with Gasteiger partial charge in [-0.15, -0.1) is 6.58 Å². The summed E-state index contributed by atoms with van der Waals surface area (Å²) in [5.41, 5.74) is 5.28. The molecule has 0 aliphatic heterocycles. The average Bonchev–Trinajstić information content (AvgIpc) is 2.16. The Kier molecular flexibility index (Phi) is 8.92. The topological polar surface area (TPSA) is 70.6 Å². The number of nitrogens with one attached hydrogen (secondary N) is 1. The first kappa shape index (κ1) is 12.3. The Morgan fingerprint density at radius 3 is 3.00 bits per heavy atom. The predicted molar refractivity (Wildman–Crippen MR) is 58.4 cm³/mol. The van der Waals surface area contributed by atoms with Crippen molar-refractivity contribution >= 4 is 17.6 Å². The van der Waals surface area contributed by atoms with Gasteiger partial charge in [0, 0.05) is 31.0 Å². The molecule has 76 valence electrons. The van der Waals surface area contributed by atoms with E-state index in [4.69, 9.17) is 10.9 Å². The van der Waals surface area contributed by atoms with Gasteiger partial charge in [-0.2, -0.15) is 11.8 Å². The third-order valence-corrected chi connectivity index (χ3v) is 2.31. The molecular weight excluding hydrogens is 186 g/mol. The fraction of sp³-hybridized carbons (Fsp3) is 0.625. The zero-order valence-electron chi connectivity index (χ0n) is 7.70. The van der Waals surface area contributed by atoms with Crippen molar-refractivity contribution in [3.8, 4) is 0 Å². The van der Waals surface area contributed by atoms with Crippen LogP contribution in [-0.2, 0) is 0 Å². The van der Waals surface area contributed by atoms with Crippen LogP contribution in [0.15, 0.2) is 17.8 Å². The van der Waals surface area contributed by atoms with E-state index < -0.39 is 0 Å². The van der Waals surface area contributed by atoms with Gasteiger partial charge in [-0.1, -0.05) is 11.2 Å². The fourth-order valence-electron chi connectivity index (χ4n) is 0.702. The maximum absolute atomic E-state index is 8.23. The highest BCUT2D eigenvalue weighted by Crippen LogP contribution is 1.96. The summed E-state index contributed by atoms with van der Waals surface area (Å²) >= 11 is 1.83. The standard InChI is InChI=1S/C8H17N3OS/c1-2-6-13-7-5-10-4-3-8(9)11-12/h2,10,12H,1,3-7H2,(H2,9,11). The third-order valence-electron chi connectivity index (χ3n) is 1.35. The zero-order chi connectivity index (χ0) is 9.94. The summed E-state index contributed by atoms with van der Waals surface area (Å²) in [5, 5.41) is 14.3. The molecule has 0 amide bonds. The second kappa shape index (κ2) is 9.41. The molecule has 0 fully saturated rings. The largest absolute Gasteiger partial charge is 0.409 e. The number of amidine groups is 1. The molecular formula is C8H17N3OS. The van der Waals surface area contributed by atoms with Crippen molar-refractivity contribution < 1.29 is 5.21 Å². The molecule has 4 nitrogen and oxygen atoms in total. The molecule has 0 unspecified atom stereocenters. The van der Waals surface area contributed by atoms with Crippen molar-refractivity contribution in [3.63, 3.8) is 0 Å². The van der Waals surface area contributed by atoms with Gasteiger partial charge in [0.15, 0.2) is 0 Å². The molecule has 0 aromatic rings. The molecule has 5 heteroatoms. The molecule has 0 atom stereocenters. The van der Waals surface area contributed by atoms with Crippen molar-refractivity contribution in [2.45, 2.75) is 6.42 Å². The first-order valence-electron chi connectivity index (χ1n) is 4.17. The Hall–Kier alpha value is -0.680. The van der Waals surface area contributed by atoms with Crippen molar-refractivity contribution in [1.82, 2.24) is 5.32 Å². The smallest absolute Gasteiger partial charge is 0.140 e. The normalized spacial score (nSPS) is 11.5. The van der Waals surface area contributed by atoms with E-state index in [-0.39, 0.29) is 5.84 Å². The third kappa shape index (κ3) is 9.23. The van der Waals surface area contributed by atoms with Crippen molar-refractivity contribution in [1.29, 1.82) is 0 Å². The van der Waals surface area contributed by atoms with Crippen LogP contribution in [0.25, 0.3) is 0 Å². The number of thioether (sulfide) groups is 1. The molecule has 0 saturated carbocycles. The number of nitrogens with zero attached hydrogens (tertiary/aromatic N) is 1. The number of nitrogens with two attached hydrogens (primary N) is 1. The van der Waals surface area contributed by atoms with Crippen LogP contribution in [0.2, 0.25) is 0 Å². The van der Waals surface area contributed by atoms with Gasteiger partial charge in [0.05, 0.1) is 0 Å². The van der Waals surface area contributed by atoms with Crippen LogP contribution in [-0.4, -0.2) is 35.6 Å². The average molecular weight is 203 g/mol. The van der Waals surface area contributed by atoms with E-state index >= 15 is 0 Å². The highest BCUT2D eigenvalue weighted by atomic mass is 32.2. The Labute approximate surface area is 83.3 Å². The Balaban J connectivity index is 3.04. The van der Waals surface area contributed by atoms with Crippen LogP contribution in [0.3, 0.4) is 0 Å². The van der Waals surface area contributed by atoms with E-state index in [9.17, 15) is 0 Å². The van der Waals surface area contributed by atoms with E-state index in [1.807, 2.05) is 17.8 Å². The van der Waals surface area contributed by atoms with Gasteiger partial charge in [0.25, 0.3) is 0 Å². The van der Waals surface area contributed by atoms with Gasteiger partial charge in [-0.25, -0.2) is 0 Å². The van der Waals surface area contributed by atoms with Gasteiger partial charge in [-0.3, -0.25) is 0 Å². The summed E-state index contributed by atoms with van der Waals surface area (Å²) in [6, 6.07) is 0. The second-order valence-corrected chi connectivity index (χ2v) is 3.60. The molecule has 0 rings (SSSR count). The summed E-state index contributed by atoms with van der Waals surface area (Å²) < 4.78 is 0. The van der Waals surface area contributed by atoms with Crippen LogP contribution in [0.4, 0.5) is 0 Å². The fourth-order valence-corrected chi connectivity index (χ4v) is 1.32. The monoisotopic (exact) mass is 203 g/mol. The first-order chi connectivity index (χ1) is 6.31.